The number of allylic oxidation sites excluding steroid dienone is 1. The highest BCUT2D eigenvalue weighted by Gasteiger charge is 2.03. The first-order chi connectivity index (χ1) is 10.2. The molecule has 0 N–H and O–H groups in total. The molecular weight excluding hydrogens is 260 g/mol. The minimum Gasteiger partial charge on any atom is -0.497 e. The van der Waals surface area contributed by atoms with Gasteiger partial charge in [0.1, 0.15) is 5.75 Å². The van der Waals surface area contributed by atoms with Gasteiger partial charge in [0.15, 0.2) is 5.78 Å². The Morgan fingerprint density at radius 1 is 1.14 bits per heavy atom. The Kier molecular flexibility index (Phi) is 5.33. The lowest BCUT2D eigenvalue weighted by molar-refractivity contribution is 0.0984. The zero-order chi connectivity index (χ0) is 15.1. The summed E-state index contributed by atoms with van der Waals surface area (Å²) >= 11 is 0. The Labute approximate surface area is 126 Å². The number of aryl methyl sites for hydroxylation is 1. The van der Waals surface area contributed by atoms with E-state index in [9.17, 15) is 4.79 Å². The van der Waals surface area contributed by atoms with E-state index in [0.717, 1.165) is 23.3 Å². The average Bonchev–Trinajstić information content (AvgIpc) is 2.52. The van der Waals surface area contributed by atoms with Gasteiger partial charge in [-0.05, 0) is 31.0 Å². The third-order valence-corrected chi connectivity index (χ3v) is 3.32. The maximum Gasteiger partial charge on any atom is 0.163 e. The first-order valence-corrected chi connectivity index (χ1v) is 7.09. The van der Waals surface area contributed by atoms with Gasteiger partial charge in [0.2, 0.25) is 0 Å². The molecule has 2 heteroatoms. The van der Waals surface area contributed by atoms with E-state index in [1.165, 1.54) is 5.56 Å². The lowest BCUT2D eigenvalue weighted by atomic mass is 10.0. The van der Waals surface area contributed by atoms with Crippen LogP contribution in [0.5, 0.6) is 5.75 Å². The molecule has 2 aromatic carbocycles. The molecule has 108 valence electrons. The summed E-state index contributed by atoms with van der Waals surface area (Å²) in [6.07, 6.45) is 5.32. The van der Waals surface area contributed by atoms with Crippen LogP contribution >= 0.6 is 0 Å². The second kappa shape index (κ2) is 7.44. The SMILES string of the molecule is COc1cccc(/C=C/CCC(=O)c2ccc(C)cc2)c1. The van der Waals surface area contributed by atoms with Gasteiger partial charge >= 0.3 is 0 Å². The molecule has 0 aliphatic heterocycles. The van der Waals surface area contributed by atoms with E-state index in [4.69, 9.17) is 4.74 Å². The minimum atomic E-state index is 0.185. The molecule has 2 aromatic rings. The fraction of sp³-hybridized carbons (Fsp3) is 0.211. The van der Waals surface area contributed by atoms with E-state index < -0.39 is 0 Å². The van der Waals surface area contributed by atoms with Crippen LogP contribution in [0.15, 0.2) is 54.6 Å². The van der Waals surface area contributed by atoms with E-state index in [1.807, 2.05) is 67.6 Å². The Hall–Kier alpha value is -2.35. The summed E-state index contributed by atoms with van der Waals surface area (Å²) in [6.45, 7) is 2.02. The van der Waals surface area contributed by atoms with Crippen LogP contribution in [0.25, 0.3) is 6.08 Å². The molecule has 0 heterocycles. The van der Waals surface area contributed by atoms with Gasteiger partial charge in [0.05, 0.1) is 7.11 Å². The van der Waals surface area contributed by atoms with Crippen molar-refractivity contribution in [1.82, 2.24) is 0 Å². The fourth-order valence-corrected chi connectivity index (χ4v) is 2.06. The maximum atomic E-state index is 12.0. The van der Waals surface area contributed by atoms with Crippen molar-refractivity contribution in [1.29, 1.82) is 0 Å². The van der Waals surface area contributed by atoms with Gasteiger partial charge in [-0.1, -0.05) is 54.1 Å². The van der Waals surface area contributed by atoms with Crippen LogP contribution in [0, 0.1) is 6.92 Å². The smallest absolute Gasteiger partial charge is 0.163 e. The monoisotopic (exact) mass is 280 g/mol. The second-order valence-electron chi connectivity index (χ2n) is 5.01. The van der Waals surface area contributed by atoms with Gasteiger partial charge < -0.3 is 4.74 Å². The summed E-state index contributed by atoms with van der Waals surface area (Å²) in [5.74, 6) is 1.03. The highest BCUT2D eigenvalue weighted by atomic mass is 16.5. The van der Waals surface area contributed by atoms with Crippen LogP contribution in [0.4, 0.5) is 0 Å². The molecule has 0 unspecified atom stereocenters. The molecule has 0 saturated carbocycles. The maximum absolute atomic E-state index is 12.0. The van der Waals surface area contributed by atoms with E-state index in [0.29, 0.717) is 6.42 Å². The predicted octanol–water partition coefficient (Wildman–Crippen LogP) is 4.68. The van der Waals surface area contributed by atoms with Crippen molar-refractivity contribution in [2.24, 2.45) is 0 Å². The van der Waals surface area contributed by atoms with Gasteiger partial charge in [0.25, 0.3) is 0 Å². The molecule has 2 rings (SSSR count). The number of hydrogen-bond acceptors (Lipinski definition) is 2. The van der Waals surface area contributed by atoms with Crippen molar-refractivity contribution in [2.75, 3.05) is 7.11 Å². The van der Waals surface area contributed by atoms with Crippen molar-refractivity contribution in [2.45, 2.75) is 19.8 Å². The van der Waals surface area contributed by atoms with Crippen LogP contribution < -0.4 is 4.74 Å². The molecule has 0 radical (unpaired) electrons. The van der Waals surface area contributed by atoms with Gasteiger partial charge in [-0.2, -0.15) is 0 Å². The molecule has 0 amide bonds. The Bertz CT molecular complexity index is 624. The highest BCUT2D eigenvalue weighted by molar-refractivity contribution is 5.96. The summed E-state index contributed by atoms with van der Waals surface area (Å²) in [4.78, 5) is 12.0. The van der Waals surface area contributed by atoms with Crippen molar-refractivity contribution in [3.8, 4) is 5.75 Å². The Balaban J connectivity index is 1.87. The molecule has 0 fully saturated rings. The second-order valence-corrected chi connectivity index (χ2v) is 5.01. The third kappa shape index (κ3) is 4.60. The molecule has 0 spiro atoms. The zero-order valence-corrected chi connectivity index (χ0v) is 12.5. The van der Waals surface area contributed by atoms with Crippen molar-refractivity contribution in [3.05, 3.63) is 71.3 Å². The van der Waals surface area contributed by atoms with E-state index in [2.05, 4.69) is 0 Å². The third-order valence-electron chi connectivity index (χ3n) is 3.32. The minimum absolute atomic E-state index is 0.185. The highest BCUT2D eigenvalue weighted by Crippen LogP contribution is 2.14. The number of methoxy groups -OCH3 is 1. The van der Waals surface area contributed by atoms with E-state index in [-0.39, 0.29) is 5.78 Å². The number of rotatable bonds is 6. The summed E-state index contributed by atoms with van der Waals surface area (Å²) in [7, 11) is 1.66. The van der Waals surface area contributed by atoms with Gasteiger partial charge in [-0.3, -0.25) is 4.79 Å². The summed E-state index contributed by atoms with van der Waals surface area (Å²) < 4.78 is 5.18. The predicted molar refractivity (Wildman–Crippen MR) is 86.8 cm³/mol. The first kappa shape index (κ1) is 15.0. The number of ether oxygens (including phenoxy) is 1. The summed E-state index contributed by atoms with van der Waals surface area (Å²) in [6, 6.07) is 15.6. The fourth-order valence-electron chi connectivity index (χ4n) is 2.06. The molecule has 21 heavy (non-hydrogen) atoms. The van der Waals surface area contributed by atoms with Crippen LogP contribution in [-0.4, -0.2) is 12.9 Å². The van der Waals surface area contributed by atoms with Gasteiger partial charge in [-0.25, -0.2) is 0 Å². The van der Waals surface area contributed by atoms with E-state index >= 15 is 0 Å². The lowest BCUT2D eigenvalue weighted by Gasteiger charge is -2.01. The molecule has 0 bridgehead atoms. The molecule has 0 aliphatic rings. The number of Topliss-reactive ketones (excluding diaryl/α,β-unsaturated/α-hetero) is 1. The van der Waals surface area contributed by atoms with Crippen molar-refractivity contribution in [3.63, 3.8) is 0 Å². The van der Waals surface area contributed by atoms with Crippen LogP contribution in [0.1, 0.15) is 34.3 Å². The topological polar surface area (TPSA) is 26.3 Å². The Morgan fingerprint density at radius 3 is 2.62 bits per heavy atom. The van der Waals surface area contributed by atoms with E-state index in [1.54, 1.807) is 7.11 Å². The molecule has 0 saturated heterocycles. The number of ketones is 1. The van der Waals surface area contributed by atoms with Gasteiger partial charge in [0, 0.05) is 12.0 Å². The zero-order valence-electron chi connectivity index (χ0n) is 12.5. The molecule has 0 atom stereocenters. The quantitative estimate of drug-likeness (QED) is 0.718. The lowest BCUT2D eigenvalue weighted by Crippen LogP contribution is -1.97. The Morgan fingerprint density at radius 2 is 1.90 bits per heavy atom. The van der Waals surface area contributed by atoms with Crippen LogP contribution in [-0.2, 0) is 0 Å². The summed E-state index contributed by atoms with van der Waals surface area (Å²) in [5, 5.41) is 0. The van der Waals surface area contributed by atoms with Crippen LogP contribution in [0.2, 0.25) is 0 Å². The number of benzene rings is 2. The molecule has 2 nitrogen and oxygen atoms in total. The molecular formula is C19H20O2. The van der Waals surface area contributed by atoms with Gasteiger partial charge in [-0.15, -0.1) is 0 Å². The first-order valence-electron chi connectivity index (χ1n) is 7.09. The van der Waals surface area contributed by atoms with Crippen molar-refractivity contribution >= 4 is 11.9 Å². The molecule has 0 aliphatic carbocycles. The van der Waals surface area contributed by atoms with Crippen LogP contribution in [0.3, 0.4) is 0 Å². The largest absolute Gasteiger partial charge is 0.497 e. The number of carbonyl (C=O) groups excluding carboxylic acids is 1. The molecule has 0 aromatic heterocycles. The standard InChI is InChI=1S/C19H20O2/c1-15-10-12-17(13-11-15)19(20)9-4-3-6-16-7-5-8-18(14-16)21-2/h3,5-8,10-14H,4,9H2,1-2H3/b6-3+. The number of carbonyl (C=O) groups is 1. The number of hydrogen-bond donors (Lipinski definition) is 0. The average molecular weight is 280 g/mol. The summed E-state index contributed by atoms with van der Waals surface area (Å²) in [5.41, 5.74) is 3.04. The van der Waals surface area contributed by atoms with Crippen molar-refractivity contribution < 1.29 is 9.53 Å². The normalized spacial score (nSPS) is 10.8.